The molecule has 0 radical (unpaired) electrons. The molecule has 0 saturated carbocycles. The molecule has 1 atom stereocenters. The van der Waals surface area contributed by atoms with E-state index in [0.29, 0.717) is 5.25 Å². The molecule has 2 heterocycles. The van der Waals surface area contributed by atoms with Gasteiger partial charge in [-0.2, -0.15) is 16.9 Å². The zero-order chi connectivity index (χ0) is 14.0. The standard InChI is InChI=1S/C14H22N4S/c1-10(19-5)9-16-13-11-8-12(14(2,3)4)17-18(11)7-6-15-13/h6-8,10H,9H2,1-5H3,(H,15,16). The van der Waals surface area contributed by atoms with Crippen LogP contribution in [0.3, 0.4) is 0 Å². The van der Waals surface area contributed by atoms with Gasteiger partial charge in [0.2, 0.25) is 0 Å². The smallest absolute Gasteiger partial charge is 0.152 e. The Labute approximate surface area is 119 Å². The minimum absolute atomic E-state index is 0.0514. The Morgan fingerprint density at radius 1 is 1.42 bits per heavy atom. The zero-order valence-corrected chi connectivity index (χ0v) is 13.1. The minimum atomic E-state index is 0.0514. The molecule has 1 N–H and O–H groups in total. The molecule has 0 spiro atoms. The van der Waals surface area contributed by atoms with Gasteiger partial charge in [-0.05, 0) is 12.3 Å². The lowest BCUT2D eigenvalue weighted by Gasteiger charge is -2.13. The number of hydrogen-bond acceptors (Lipinski definition) is 4. The highest BCUT2D eigenvalue weighted by Gasteiger charge is 2.19. The van der Waals surface area contributed by atoms with Crippen molar-refractivity contribution < 1.29 is 0 Å². The maximum Gasteiger partial charge on any atom is 0.152 e. The first-order valence-corrected chi connectivity index (χ1v) is 7.82. The summed E-state index contributed by atoms with van der Waals surface area (Å²) < 4.78 is 1.90. The third-order valence-corrected chi connectivity index (χ3v) is 4.09. The highest BCUT2D eigenvalue weighted by Crippen LogP contribution is 2.24. The fourth-order valence-corrected chi connectivity index (χ4v) is 2.00. The monoisotopic (exact) mass is 278 g/mol. The Balaban J connectivity index is 2.32. The van der Waals surface area contributed by atoms with Crippen molar-refractivity contribution in [2.24, 2.45) is 0 Å². The first-order chi connectivity index (χ1) is 8.91. The summed E-state index contributed by atoms with van der Waals surface area (Å²) in [5.41, 5.74) is 2.18. The lowest BCUT2D eigenvalue weighted by molar-refractivity contribution is 0.562. The number of rotatable bonds is 4. The van der Waals surface area contributed by atoms with E-state index in [1.54, 1.807) is 6.20 Å². The average Bonchev–Trinajstić information content (AvgIpc) is 2.80. The van der Waals surface area contributed by atoms with Gasteiger partial charge in [-0.15, -0.1) is 0 Å². The summed E-state index contributed by atoms with van der Waals surface area (Å²) in [5, 5.41) is 8.60. The van der Waals surface area contributed by atoms with Gasteiger partial charge in [0.25, 0.3) is 0 Å². The first kappa shape index (κ1) is 14.2. The summed E-state index contributed by atoms with van der Waals surface area (Å²) in [7, 11) is 0. The molecule has 0 aromatic carbocycles. The third-order valence-electron chi connectivity index (χ3n) is 3.12. The molecule has 0 saturated heterocycles. The molecule has 2 rings (SSSR count). The van der Waals surface area contributed by atoms with E-state index in [1.807, 2.05) is 22.5 Å². The van der Waals surface area contributed by atoms with Gasteiger partial charge in [-0.25, -0.2) is 9.50 Å². The van der Waals surface area contributed by atoms with Crippen molar-refractivity contribution in [3.63, 3.8) is 0 Å². The normalized spacial score (nSPS) is 13.7. The van der Waals surface area contributed by atoms with Crippen LogP contribution in [-0.4, -0.2) is 32.6 Å². The highest BCUT2D eigenvalue weighted by atomic mass is 32.2. The molecule has 104 valence electrons. The zero-order valence-electron chi connectivity index (χ0n) is 12.3. The second-order valence-corrected chi connectivity index (χ2v) is 7.09. The predicted molar refractivity (Wildman–Crippen MR) is 83.2 cm³/mol. The lowest BCUT2D eigenvalue weighted by Crippen LogP contribution is -2.14. The Morgan fingerprint density at radius 2 is 2.16 bits per heavy atom. The van der Waals surface area contributed by atoms with Crippen molar-refractivity contribution >= 4 is 23.1 Å². The van der Waals surface area contributed by atoms with Gasteiger partial charge >= 0.3 is 0 Å². The Kier molecular flexibility index (Phi) is 4.04. The summed E-state index contributed by atoms with van der Waals surface area (Å²) >= 11 is 1.85. The molecule has 2 aromatic heterocycles. The van der Waals surface area contributed by atoms with Gasteiger partial charge < -0.3 is 5.32 Å². The molecule has 2 aromatic rings. The molecule has 4 nitrogen and oxygen atoms in total. The SMILES string of the molecule is CSC(C)CNc1nccn2nc(C(C)(C)C)cc12. The predicted octanol–water partition coefficient (Wildman–Crippen LogP) is 3.19. The Hall–Kier alpha value is -1.23. The molecule has 1 unspecified atom stereocenters. The molecule has 0 amide bonds. The third kappa shape index (κ3) is 3.21. The summed E-state index contributed by atoms with van der Waals surface area (Å²) in [4.78, 5) is 4.43. The van der Waals surface area contributed by atoms with Crippen molar-refractivity contribution in [3.8, 4) is 0 Å². The van der Waals surface area contributed by atoms with Crippen LogP contribution in [0.15, 0.2) is 18.5 Å². The summed E-state index contributed by atoms with van der Waals surface area (Å²) in [6, 6.07) is 2.12. The van der Waals surface area contributed by atoms with Crippen LogP contribution in [0.5, 0.6) is 0 Å². The number of thioether (sulfide) groups is 1. The van der Waals surface area contributed by atoms with Crippen LogP contribution in [-0.2, 0) is 5.41 Å². The fraction of sp³-hybridized carbons (Fsp3) is 0.571. The maximum absolute atomic E-state index is 4.62. The second kappa shape index (κ2) is 5.41. The van der Waals surface area contributed by atoms with Gasteiger partial charge in [0.15, 0.2) is 5.82 Å². The van der Waals surface area contributed by atoms with Crippen LogP contribution in [0.2, 0.25) is 0 Å². The number of nitrogens with zero attached hydrogens (tertiary/aromatic N) is 3. The summed E-state index contributed by atoms with van der Waals surface area (Å²) in [6.45, 7) is 9.62. The van der Waals surface area contributed by atoms with E-state index >= 15 is 0 Å². The minimum Gasteiger partial charge on any atom is -0.367 e. The number of aromatic nitrogens is 3. The second-order valence-electron chi connectivity index (χ2n) is 5.81. The lowest BCUT2D eigenvalue weighted by atomic mass is 9.92. The average molecular weight is 278 g/mol. The van der Waals surface area contributed by atoms with Crippen molar-refractivity contribution in [1.29, 1.82) is 0 Å². The molecule has 19 heavy (non-hydrogen) atoms. The van der Waals surface area contributed by atoms with Crippen LogP contribution in [0.4, 0.5) is 5.82 Å². The quantitative estimate of drug-likeness (QED) is 0.932. The van der Waals surface area contributed by atoms with E-state index in [9.17, 15) is 0 Å². The van der Waals surface area contributed by atoms with Gasteiger partial charge in [-0.3, -0.25) is 0 Å². The van der Waals surface area contributed by atoms with Crippen molar-refractivity contribution in [3.05, 3.63) is 24.2 Å². The van der Waals surface area contributed by atoms with Gasteiger partial charge in [-0.1, -0.05) is 27.7 Å². The molecular weight excluding hydrogens is 256 g/mol. The molecule has 0 fully saturated rings. The Bertz CT molecular complexity index is 556. The van der Waals surface area contributed by atoms with Gasteiger partial charge in [0.05, 0.1) is 5.69 Å². The summed E-state index contributed by atoms with van der Waals surface area (Å²) in [6.07, 6.45) is 5.81. The van der Waals surface area contributed by atoms with E-state index in [4.69, 9.17) is 0 Å². The number of nitrogens with one attached hydrogen (secondary N) is 1. The summed E-state index contributed by atoms with van der Waals surface area (Å²) in [5.74, 6) is 0.909. The van der Waals surface area contributed by atoms with E-state index < -0.39 is 0 Å². The maximum atomic E-state index is 4.62. The van der Waals surface area contributed by atoms with Gasteiger partial charge in [0.1, 0.15) is 5.52 Å². The van der Waals surface area contributed by atoms with E-state index in [1.165, 1.54) is 0 Å². The number of hydrogen-bond donors (Lipinski definition) is 1. The molecule has 0 aliphatic carbocycles. The highest BCUT2D eigenvalue weighted by molar-refractivity contribution is 7.99. The molecule has 0 aliphatic heterocycles. The van der Waals surface area contributed by atoms with E-state index in [0.717, 1.165) is 23.6 Å². The van der Waals surface area contributed by atoms with Crippen LogP contribution >= 0.6 is 11.8 Å². The van der Waals surface area contributed by atoms with Crippen LogP contribution < -0.4 is 5.32 Å². The largest absolute Gasteiger partial charge is 0.367 e. The molecule has 0 bridgehead atoms. The first-order valence-electron chi connectivity index (χ1n) is 6.53. The van der Waals surface area contributed by atoms with Crippen LogP contribution in [0, 0.1) is 0 Å². The molecule has 0 aliphatic rings. The number of fused-ring (bicyclic) bond motifs is 1. The van der Waals surface area contributed by atoms with E-state index in [2.05, 4.69) is 55.4 Å². The molecule has 5 heteroatoms. The van der Waals surface area contributed by atoms with Gasteiger partial charge in [0, 0.05) is 29.6 Å². The topological polar surface area (TPSA) is 42.2 Å². The van der Waals surface area contributed by atoms with Crippen LogP contribution in [0.1, 0.15) is 33.4 Å². The van der Waals surface area contributed by atoms with E-state index in [-0.39, 0.29) is 5.41 Å². The van der Waals surface area contributed by atoms with Crippen molar-refractivity contribution in [2.75, 3.05) is 18.1 Å². The van der Waals surface area contributed by atoms with Crippen molar-refractivity contribution in [2.45, 2.75) is 38.4 Å². The Morgan fingerprint density at radius 3 is 2.79 bits per heavy atom. The number of anilines is 1. The molecular formula is C14H22N4S. The fourth-order valence-electron chi connectivity index (χ4n) is 1.75. The van der Waals surface area contributed by atoms with Crippen molar-refractivity contribution in [1.82, 2.24) is 14.6 Å². The van der Waals surface area contributed by atoms with Crippen LogP contribution in [0.25, 0.3) is 5.52 Å².